The number of aldehydes is 1. The number of fused-ring (bicyclic) bond motifs is 1. The molecule has 0 saturated carbocycles. The van der Waals surface area contributed by atoms with E-state index in [1.165, 1.54) is 0 Å². The summed E-state index contributed by atoms with van der Waals surface area (Å²) in [6.07, 6.45) is 0.641. The van der Waals surface area contributed by atoms with Crippen LogP contribution in [-0.2, 0) is 0 Å². The van der Waals surface area contributed by atoms with Crippen molar-refractivity contribution in [1.29, 1.82) is 0 Å². The highest BCUT2D eigenvalue weighted by Crippen LogP contribution is 2.26. The summed E-state index contributed by atoms with van der Waals surface area (Å²) >= 11 is 11.5. The van der Waals surface area contributed by atoms with Crippen molar-refractivity contribution in [3.63, 3.8) is 0 Å². The molecule has 0 unspecified atom stereocenters. The Morgan fingerprint density at radius 3 is 2.69 bits per heavy atom. The minimum absolute atomic E-state index is 0.272. The van der Waals surface area contributed by atoms with E-state index in [0.29, 0.717) is 27.4 Å². The van der Waals surface area contributed by atoms with Crippen molar-refractivity contribution in [2.45, 2.75) is 0 Å². The van der Waals surface area contributed by atoms with Gasteiger partial charge in [0.05, 0.1) is 21.1 Å². The van der Waals surface area contributed by atoms with Gasteiger partial charge in [0.25, 0.3) is 0 Å². The summed E-state index contributed by atoms with van der Waals surface area (Å²) in [5.74, 6) is 0.272. The maximum atomic E-state index is 10.4. The molecule has 0 bridgehead atoms. The largest absolute Gasteiger partial charge is 0.336 e. The van der Waals surface area contributed by atoms with E-state index in [9.17, 15) is 4.79 Å². The molecule has 2 rings (SSSR count). The summed E-state index contributed by atoms with van der Waals surface area (Å²) in [5, 5.41) is 0.869. The number of nitrogens with one attached hydrogen (secondary N) is 1. The Labute approximate surface area is 83.7 Å². The van der Waals surface area contributed by atoms with Crippen molar-refractivity contribution in [2.75, 3.05) is 0 Å². The normalized spacial score (nSPS) is 10.6. The second-order valence-corrected chi connectivity index (χ2v) is 3.34. The van der Waals surface area contributed by atoms with Gasteiger partial charge in [0.15, 0.2) is 12.1 Å². The number of carbonyl (C=O) groups is 1. The summed E-state index contributed by atoms with van der Waals surface area (Å²) < 4.78 is 0. The Bertz CT molecular complexity index is 439. The van der Waals surface area contributed by atoms with Gasteiger partial charge in [0.2, 0.25) is 0 Å². The van der Waals surface area contributed by atoms with Crippen LogP contribution in [0, 0.1) is 0 Å². The summed E-state index contributed by atoms with van der Waals surface area (Å²) in [7, 11) is 0. The number of benzene rings is 1. The number of H-pyrrole nitrogens is 1. The van der Waals surface area contributed by atoms with Crippen molar-refractivity contribution in [1.82, 2.24) is 9.97 Å². The number of imidazole rings is 1. The van der Waals surface area contributed by atoms with Crippen LogP contribution in [0.1, 0.15) is 10.6 Å². The lowest BCUT2D eigenvalue weighted by molar-refractivity contribution is 0.111. The molecule has 0 spiro atoms. The van der Waals surface area contributed by atoms with Crippen LogP contribution in [0.25, 0.3) is 11.0 Å². The third-order valence-electron chi connectivity index (χ3n) is 1.65. The topological polar surface area (TPSA) is 45.8 Å². The van der Waals surface area contributed by atoms with Gasteiger partial charge in [0, 0.05) is 0 Å². The number of aromatic amines is 1. The highest BCUT2D eigenvalue weighted by atomic mass is 35.5. The van der Waals surface area contributed by atoms with Crippen molar-refractivity contribution < 1.29 is 4.79 Å². The van der Waals surface area contributed by atoms with Crippen LogP contribution in [0.3, 0.4) is 0 Å². The number of hydrogen-bond acceptors (Lipinski definition) is 2. The first kappa shape index (κ1) is 8.53. The third-order valence-corrected chi connectivity index (χ3v) is 2.38. The first-order valence-corrected chi connectivity index (χ1v) is 4.26. The lowest BCUT2D eigenvalue weighted by Crippen LogP contribution is -1.78. The van der Waals surface area contributed by atoms with Crippen LogP contribution < -0.4 is 0 Å². The Hall–Kier alpha value is -1.06. The van der Waals surface area contributed by atoms with Gasteiger partial charge < -0.3 is 4.98 Å². The molecule has 2 aromatic rings. The number of nitrogens with zero attached hydrogens (tertiary/aromatic N) is 1. The van der Waals surface area contributed by atoms with Crippen LogP contribution in [0.2, 0.25) is 10.0 Å². The SMILES string of the molecule is O=Cc1nc2cc(Cl)c(Cl)cc2[nH]1. The second kappa shape index (κ2) is 3.01. The molecule has 1 N–H and O–H groups in total. The number of carbonyl (C=O) groups excluding carboxylic acids is 1. The number of rotatable bonds is 1. The highest BCUT2D eigenvalue weighted by molar-refractivity contribution is 6.42. The van der Waals surface area contributed by atoms with Crippen LogP contribution in [0.4, 0.5) is 0 Å². The second-order valence-electron chi connectivity index (χ2n) is 2.52. The Kier molecular flexibility index (Phi) is 1.98. The molecule has 1 aromatic carbocycles. The minimum atomic E-state index is 0.272. The molecule has 0 amide bonds. The summed E-state index contributed by atoms with van der Waals surface area (Å²) in [5.41, 5.74) is 1.34. The fraction of sp³-hybridized carbons (Fsp3) is 0. The van der Waals surface area contributed by atoms with Crippen LogP contribution in [0.15, 0.2) is 12.1 Å². The molecule has 3 nitrogen and oxygen atoms in total. The maximum absolute atomic E-state index is 10.4. The first-order valence-electron chi connectivity index (χ1n) is 3.50. The smallest absolute Gasteiger partial charge is 0.185 e. The van der Waals surface area contributed by atoms with E-state index in [0.717, 1.165) is 0 Å². The molecule has 0 atom stereocenters. The predicted molar refractivity (Wildman–Crippen MR) is 51.5 cm³/mol. The number of aromatic nitrogens is 2. The maximum Gasteiger partial charge on any atom is 0.185 e. The van der Waals surface area contributed by atoms with Gasteiger partial charge in [-0.05, 0) is 12.1 Å². The van der Waals surface area contributed by atoms with Crippen LogP contribution >= 0.6 is 23.2 Å². The van der Waals surface area contributed by atoms with Crippen LogP contribution in [0.5, 0.6) is 0 Å². The molecule has 0 aliphatic carbocycles. The lowest BCUT2D eigenvalue weighted by Gasteiger charge is -1.93. The van der Waals surface area contributed by atoms with Gasteiger partial charge in [-0.25, -0.2) is 4.98 Å². The molecule has 0 saturated heterocycles. The molecule has 0 fully saturated rings. The summed E-state index contributed by atoms with van der Waals surface area (Å²) in [6.45, 7) is 0. The fourth-order valence-corrected chi connectivity index (χ4v) is 1.40. The van der Waals surface area contributed by atoms with E-state index in [1.807, 2.05) is 0 Å². The standard InChI is InChI=1S/C8H4Cl2N2O/c9-4-1-6-7(2-5(4)10)12-8(3-13)11-6/h1-3H,(H,11,12). The quantitative estimate of drug-likeness (QED) is 0.743. The summed E-state index contributed by atoms with van der Waals surface area (Å²) in [6, 6.07) is 3.25. The summed E-state index contributed by atoms with van der Waals surface area (Å²) in [4.78, 5) is 17.1. The molecule has 13 heavy (non-hydrogen) atoms. The monoisotopic (exact) mass is 214 g/mol. The minimum Gasteiger partial charge on any atom is -0.336 e. The van der Waals surface area contributed by atoms with Gasteiger partial charge in [-0.2, -0.15) is 0 Å². The van der Waals surface area contributed by atoms with E-state index < -0.39 is 0 Å². The Morgan fingerprint density at radius 2 is 2.00 bits per heavy atom. The molecular weight excluding hydrogens is 211 g/mol. The van der Waals surface area contributed by atoms with Crippen molar-refractivity contribution >= 4 is 40.5 Å². The average molecular weight is 215 g/mol. The molecule has 0 aliphatic heterocycles. The first-order chi connectivity index (χ1) is 6.20. The zero-order chi connectivity index (χ0) is 9.42. The van der Waals surface area contributed by atoms with E-state index in [-0.39, 0.29) is 5.82 Å². The molecule has 1 aromatic heterocycles. The van der Waals surface area contributed by atoms with Gasteiger partial charge >= 0.3 is 0 Å². The van der Waals surface area contributed by atoms with Crippen molar-refractivity contribution in [2.24, 2.45) is 0 Å². The fourth-order valence-electron chi connectivity index (χ4n) is 1.08. The lowest BCUT2D eigenvalue weighted by atomic mass is 10.3. The molecule has 66 valence electrons. The van der Waals surface area contributed by atoms with E-state index in [1.54, 1.807) is 12.1 Å². The van der Waals surface area contributed by atoms with E-state index in [2.05, 4.69) is 9.97 Å². The third kappa shape index (κ3) is 1.41. The molecular formula is C8H4Cl2N2O. The number of halogens is 2. The van der Waals surface area contributed by atoms with Gasteiger partial charge in [0.1, 0.15) is 0 Å². The van der Waals surface area contributed by atoms with Crippen molar-refractivity contribution in [3.05, 3.63) is 28.0 Å². The Morgan fingerprint density at radius 1 is 1.31 bits per heavy atom. The van der Waals surface area contributed by atoms with E-state index >= 15 is 0 Å². The molecule has 0 radical (unpaired) electrons. The molecule has 5 heteroatoms. The predicted octanol–water partition coefficient (Wildman–Crippen LogP) is 2.68. The van der Waals surface area contributed by atoms with Gasteiger partial charge in [-0.3, -0.25) is 4.79 Å². The average Bonchev–Trinajstić information content (AvgIpc) is 2.48. The van der Waals surface area contributed by atoms with E-state index in [4.69, 9.17) is 23.2 Å². The molecule has 1 heterocycles. The zero-order valence-electron chi connectivity index (χ0n) is 6.34. The molecule has 0 aliphatic rings. The van der Waals surface area contributed by atoms with Gasteiger partial charge in [-0.1, -0.05) is 23.2 Å². The van der Waals surface area contributed by atoms with Crippen LogP contribution in [-0.4, -0.2) is 16.3 Å². The van der Waals surface area contributed by atoms with Gasteiger partial charge in [-0.15, -0.1) is 0 Å². The zero-order valence-corrected chi connectivity index (χ0v) is 7.86. The Balaban J connectivity index is 2.77. The number of hydrogen-bond donors (Lipinski definition) is 1. The van der Waals surface area contributed by atoms with Crippen molar-refractivity contribution in [3.8, 4) is 0 Å². The highest BCUT2D eigenvalue weighted by Gasteiger charge is 2.05.